The molecular formula is C15H31IN4S. The second kappa shape index (κ2) is 10.9. The number of nitrogens with two attached hydrogens (primary N) is 1. The summed E-state index contributed by atoms with van der Waals surface area (Å²) >= 11 is 2.01. The fraction of sp³-hybridized carbons (Fsp3) is 0.933. The molecule has 2 aliphatic rings. The molecule has 0 bridgehead atoms. The summed E-state index contributed by atoms with van der Waals surface area (Å²) in [4.78, 5) is 9.38. The summed E-state index contributed by atoms with van der Waals surface area (Å²) in [5.74, 6) is 4.01. The Morgan fingerprint density at radius 2 is 2.00 bits per heavy atom. The van der Waals surface area contributed by atoms with Gasteiger partial charge in [-0.15, -0.1) is 24.0 Å². The summed E-state index contributed by atoms with van der Waals surface area (Å²) < 4.78 is 0. The van der Waals surface area contributed by atoms with Crippen molar-refractivity contribution in [2.24, 2.45) is 16.6 Å². The van der Waals surface area contributed by atoms with E-state index in [0.29, 0.717) is 0 Å². The quantitative estimate of drug-likeness (QED) is 0.318. The minimum atomic E-state index is 0. The topological polar surface area (TPSA) is 44.9 Å². The van der Waals surface area contributed by atoms with Crippen LogP contribution in [0.4, 0.5) is 0 Å². The third-order valence-electron chi connectivity index (χ3n) is 4.23. The summed E-state index contributed by atoms with van der Waals surface area (Å²) in [6, 6.07) is 0. The first-order valence-electron chi connectivity index (χ1n) is 8.10. The van der Waals surface area contributed by atoms with Crippen LogP contribution in [-0.4, -0.2) is 66.5 Å². The van der Waals surface area contributed by atoms with E-state index in [-0.39, 0.29) is 24.0 Å². The van der Waals surface area contributed by atoms with Gasteiger partial charge in [0.2, 0.25) is 0 Å². The standard InChI is InChI=1S/C15H30N4S.HI/c1-14-5-4-8-18(13-14)7-3-2-6-17-15(16)19-9-11-20-12-10-19;/h14H,2-13H2,1H3,(H2,16,17);1H. The van der Waals surface area contributed by atoms with Gasteiger partial charge in [-0.2, -0.15) is 11.8 Å². The van der Waals surface area contributed by atoms with Crippen molar-refractivity contribution in [1.82, 2.24) is 9.80 Å². The third kappa shape index (κ3) is 7.41. The smallest absolute Gasteiger partial charge is 0.191 e. The maximum atomic E-state index is 6.05. The Balaban J connectivity index is 0.00000220. The number of hydrogen-bond acceptors (Lipinski definition) is 3. The number of piperidine rings is 1. The first-order chi connectivity index (χ1) is 9.75. The zero-order valence-corrected chi connectivity index (χ0v) is 16.4. The van der Waals surface area contributed by atoms with Gasteiger partial charge in [-0.25, -0.2) is 0 Å². The zero-order valence-electron chi connectivity index (χ0n) is 13.3. The normalized spacial score (nSPS) is 24.7. The number of guanidine groups is 1. The van der Waals surface area contributed by atoms with E-state index in [9.17, 15) is 0 Å². The molecule has 0 radical (unpaired) electrons. The Morgan fingerprint density at radius 1 is 1.24 bits per heavy atom. The van der Waals surface area contributed by atoms with Crippen LogP contribution in [0.2, 0.25) is 0 Å². The molecule has 1 atom stereocenters. The van der Waals surface area contributed by atoms with Gasteiger partial charge in [0.25, 0.3) is 0 Å². The van der Waals surface area contributed by atoms with Crippen molar-refractivity contribution in [3.63, 3.8) is 0 Å². The number of nitrogens with zero attached hydrogens (tertiary/aromatic N) is 3. The Bertz CT molecular complexity index is 308. The first kappa shape index (κ1) is 19.4. The molecule has 2 rings (SSSR count). The molecule has 0 aromatic rings. The van der Waals surface area contributed by atoms with Gasteiger partial charge in [0.05, 0.1) is 0 Å². The van der Waals surface area contributed by atoms with Crippen molar-refractivity contribution in [1.29, 1.82) is 0 Å². The summed E-state index contributed by atoms with van der Waals surface area (Å²) in [6.07, 6.45) is 5.19. The van der Waals surface area contributed by atoms with E-state index in [1.165, 1.54) is 50.4 Å². The molecular weight excluding hydrogens is 395 g/mol. The number of halogens is 1. The number of thioether (sulfide) groups is 1. The van der Waals surface area contributed by atoms with Crippen LogP contribution in [0.5, 0.6) is 0 Å². The molecule has 6 heteroatoms. The van der Waals surface area contributed by atoms with Crippen molar-refractivity contribution >= 4 is 41.7 Å². The minimum Gasteiger partial charge on any atom is -0.370 e. The molecule has 0 spiro atoms. The molecule has 2 aliphatic heterocycles. The lowest BCUT2D eigenvalue weighted by atomic mass is 10.0. The molecule has 0 aromatic heterocycles. The second-order valence-corrected chi connectivity index (χ2v) is 7.32. The summed E-state index contributed by atoms with van der Waals surface area (Å²) in [6.45, 7) is 9.20. The highest BCUT2D eigenvalue weighted by Crippen LogP contribution is 2.15. The largest absolute Gasteiger partial charge is 0.370 e. The molecule has 2 saturated heterocycles. The van der Waals surface area contributed by atoms with Crippen LogP contribution in [0.3, 0.4) is 0 Å². The number of likely N-dealkylation sites (tertiary alicyclic amines) is 1. The van der Waals surface area contributed by atoms with Crippen LogP contribution < -0.4 is 5.73 Å². The minimum absolute atomic E-state index is 0. The fourth-order valence-electron chi connectivity index (χ4n) is 3.02. The van der Waals surface area contributed by atoms with Gasteiger partial charge in [-0.05, 0) is 44.7 Å². The van der Waals surface area contributed by atoms with Crippen LogP contribution in [0.1, 0.15) is 32.6 Å². The highest BCUT2D eigenvalue weighted by atomic mass is 127. The molecule has 0 aliphatic carbocycles. The lowest BCUT2D eigenvalue weighted by Gasteiger charge is -2.30. The average molecular weight is 426 g/mol. The average Bonchev–Trinajstić information content (AvgIpc) is 2.48. The van der Waals surface area contributed by atoms with Gasteiger partial charge >= 0.3 is 0 Å². The zero-order chi connectivity index (χ0) is 14.2. The lowest BCUT2D eigenvalue weighted by Crippen LogP contribution is -2.42. The highest BCUT2D eigenvalue weighted by Gasteiger charge is 2.15. The van der Waals surface area contributed by atoms with Gasteiger partial charge in [0.1, 0.15) is 0 Å². The number of unbranched alkanes of at least 4 members (excludes halogenated alkanes) is 1. The van der Waals surface area contributed by atoms with Gasteiger partial charge in [-0.1, -0.05) is 6.92 Å². The third-order valence-corrected chi connectivity index (χ3v) is 5.17. The first-order valence-corrected chi connectivity index (χ1v) is 9.26. The molecule has 4 nitrogen and oxygen atoms in total. The van der Waals surface area contributed by atoms with E-state index in [1.54, 1.807) is 0 Å². The number of aliphatic imine (C=N–C) groups is 1. The molecule has 2 heterocycles. The Kier molecular flexibility index (Phi) is 10.1. The van der Waals surface area contributed by atoms with E-state index < -0.39 is 0 Å². The van der Waals surface area contributed by atoms with Crippen molar-refractivity contribution in [2.45, 2.75) is 32.6 Å². The van der Waals surface area contributed by atoms with E-state index in [0.717, 1.165) is 37.9 Å². The monoisotopic (exact) mass is 426 g/mol. The van der Waals surface area contributed by atoms with Crippen molar-refractivity contribution in [2.75, 3.05) is 50.8 Å². The highest BCUT2D eigenvalue weighted by molar-refractivity contribution is 14.0. The molecule has 2 N–H and O–H groups in total. The fourth-order valence-corrected chi connectivity index (χ4v) is 3.93. The Morgan fingerprint density at radius 3 is 2.71 bits per heavy atom. The Hall–Kier alpha value is 0.310. The molecule has 1 unspecified atom stereocenters. The van der Waals surface area contributed by atoms with Gasteiger partial charge in [0.15, 0.2) is 5.96 Å². The second-order valence-electron chi connectivity index (χ2n) is 6.09. The van der Waals surface area contributed by atoms with E-state index in [2.05, 4.69) is 21.7 Å². The molecule has 0 amide bonds. The van der Waals surface area contributed by atoms with Gasteiger partial charge in [0, 0.05) is 37.7 Å². The molecule has 2 fully saturated rings. The summed E-state index contributed by atoms with van der Waals surface area (Å²) in [5.41, 5.74) is 6.05. The molecule has 0 saturated carbocycles. The maximum Gasteiger partial charge on any atom is 0.191 e. The number of hydrogen-bond donors (Lipinski definition) is 1. The van der Waals surface area contributed by atoms with Crippen LogP contribution in [0.25, 0.3) is 0 Å². The van der Waals surface area contributed by atoms with Gasteiger partial charge < -0.3 is 15.5 Å². The van der Waals surface area contributed by atoms with E-state index >= 15 is 0 Å². The van der Waals surface area contributed by atoms with Crippen LogP contribution in [-0.2, 0) is 0 Å². The summed E-state index contributed by atoms with van der Waals surface area (Å²) in [7, 11) is 0. The SMILES string of the molecule is CC1CCCN(CCCCN=C(N)N2CCSCC2)C1.I. The Labute approximate surface area is 151 Å². The predicted octanol–water partition coefficient (Wildman–Crippen LogP) is 2.48. The van der Waals surface area contributed by atoms with Crippen LogP contribution in [0.15, 0.2) is 4.99 Å². The number of rotatable bonds is 5. The van der Waals surface area contributed by atoms with Crippen molar-refractivity contribution in [3.05, 3.63) is 0 Å². The lowest BCUT2D eigenvalue weighted by molar-refractivity contribution is 0.181. The van der Waals surface area contributed by atoms with E-state index in [4.69, 9.17) is 5.73 Å². The van der Waals surface area contributed by atoms with Crippen molar-refractivity contribution < 1.29 is 0 Å². The predicted molar refractivity (Wildman–Crippen MR) is 105 cm³/mol. The van der Waals surface area contributed by atoms with Crippen molar-refractivity contribution in [3.8, 4) is 0 Å². The molecule has 124 valence electrons. The van der Waals surface area contributed by atoms with Crippen LogP contribution >= 0.6 is 35.7 Å². The molecule has 0 aromatic carbocycles. The maximum absolute atomic E-state index is 6.05. The van der Waals surface area contributed by atoms with E-state index in [1.807, 2.05) is 11.8 Å². The summed E-state index contributed by atoms with van der Waals surface area (Å²) in [5, 5.41) is 0. The van der Waals surface area contributed by atoms with Crippen LogP contribution in [0, 0.1) is 5.92 Å². The molecule has 21 heavy (non-hydrogen) atoms. The van der Waals surface area contributed by atoms with Gasteiger partial charge in [-0.3, -0.25) is 4.99 Å².